The molecular formula is C17H22N6O2. The molecule has 2 fully saturated rings. The Hall–Kier alpha value is -2.66. The van der Waals surface area contributed by atoms with Gasteiger partial charge in [0.25, 0.3) is 0 Å². The van der Waals surface area contributed by atoms with Crippen LogP contribution in [0.4, 0.5) is 10.6 Å². The summed E-state index contributed by atoms with van der Waals surface area (Å²) in [5.41, 5.74) is 0.558. The van der Waals surface area contributed by atoms with Gasteiger partial charge in [0.15, 0.2) is 0 Å². The van der Waals surface area contributed by atoms with Crippen molar-refractivity contribution in [2.24, 2.45) is 5.92 Å². The molecule has 3 amide bonds. The van der Waals surface area contributed by atoms with E-state index in [1.54, 1.807) is 12.3 Å². The topological polar surface area (TPSA) is 101 Å². The predicted octanol–water partition coefficient (Wildman–Crippen LogP) is 0.629. The molecule has 1 aromatic heterocycles. The summed E-state index contributed by atoms with van der Waals surface area (Å²) in [6.07, 6.45) is 3.49. The van der Waals surface area contributed by atoms with E-state index in [9.17, 15) is 9.59 Å². The van der Waals surface area contributed by atoms with E-state index in [4.69, 9.17) is 5.26 Å². The van der Waals surface area contributed by atoms with Gasteiger partial charge in [-0.25, -0.2) is 9.78 Å². The monoisotopic (exact) mass is 342 g/mol. The van der Waals surface area contributed by atoms with Gasteiger partial charge in [-0.05, 0) is 44.0 Å². The van der Waals surface area contributed by atoms with Crippen LogP contribution in [0.3, 0.4) is 0 Å². The molecule has 2 aliphatic heterocycles. The molecule has 132 valence electrons. The van der Waals surface area contributed by atoms with Gasteiger partial charge >= 0.3 is 6.03 Å². The van der Waals surface area contributed by atoms with Gasteiger partial charge < -0.3 is 15.5 Å². The molecule has 25 heavy (non-hydrogen) atoms. The lowest BCUT2D eigenvalue weighted by atomic mass is 10.1. The Labute approximate surface area is 146 Å². The smallest absolute Gasteiger partial charge is 0.324 e. The van der Waals surface area contributed by atoms with E-state index in [1.807, 2.05) is 6.07 Å². The highest BCUT2D eigenvalue weighted by Gasteiger charge is 2.28. The van der Waals surface area contributed by atoms with Crippen molar-refractivity contribution in [1.29, 1.82) is 5.26 Å². The molecule has 1 aromatic rings. The molecule has 2 aliphatic rings. The van der Waals surface area contributed by atoms with Crippen molar-refractivity contribution in [3.8, 4) is 6.07 Å². The number of carbonyl (C=O) groups excluding carboxylic acids is 2. The highest BCUT2D eigenvalue weighted by atomic mass is 16.2. The number of nitrogens with one attached hydrogen (secondary N) is 2. The third-order valence-electron chi connectivity index (χ3n) is 4.63. The Kier molecular flexibility index (Phi) is 5.46. The number of imide groups is 1. The number of hydrogen-bond acceptors (Lipinski definition) is 6. The van der Waals surface area contributed by atoms with E-state index >= 15 is 0 Å². The van der Waals surface area contributed by atoms with Gasteiger partial charge in [0.05, 0.1) is 12.1 Å². The standard InChI is InChI=1S/C17H22N6O2/c18-8-13-2-3-15(19-9-13)20-10-14-4-7-22(12-14)5-1-6-23-16(24)11-21-17(23)25/h2-3,9,14H,1,4-7,10-12H2,(H,19,20)(H,21,25). The molecule has 1 unspecified atom stereocenters. The van der Waals surface area contributed by atoms with Crippen LogP contribution in [0.1, 0.15) is 18.4 Å². The van der Waals surface area contributed by atoms with E-state index in [0.29, 0.717) is 18.0 Å². The summed E-state index contributed by atoms with van der Waals surface area (Å²) in [4.78, 5) is 30.9. The number of amides is 3. The number of pyridine rings is 1. The van der Waals surface area contributed by atoms with Crippen molar-refractivity contribution in [1.82, 2.24) is 20.1 Å². The number of aromatic nitrogens is 1. The van der Waals surface area contributed by atoms with Crippen molar-refractivity contribution >= 4 is 17.8 Å². The second kappa shape index (κ2) is 7.94. The summed E-state index contributed by atoms with van der Waals surface area (Å²) in [6.45, 7) is 4.39. The van der Waals surface area contributed by atoms with Crippen molar-refractivity contribution < 1.29 is 9.59 Å². The molecule has 0 radical (unpaired) electrons. The quantitative estimate of drug-likeness (QED) is 0.705. The lowest BCUT2D eigenvalue weighted by Crippen LogP contribution is -2.34. The zero-order chi connectivity index (χ0) is 17.6. The third-order valence-corrected chi connectivity index (χ3v) is 4.63. The van der Waals surface area contributed by atoms with E-state index in [1.165, 1.54) is 4.90 Å². The van der Waals surface area contributed by atoms with Gasteiger partial charge in [0.1, 0.15) is 11.9 Å². The van der Waals surface area contributed by atoms with Gasteiger partial charge in [-0.15, -0.1) is 0 Å². The number of rotatable bonds is 7. The number of carbonyl (C=O) groups is 2. The van der Waals surface area contributed by atoms with Crippen LogP contribution < -0.4 is 10.6 Å². The van der Waals surface area contributed by atoms with E-state index in [2.05, 4.69) is 26.6 Å². The fraction of sp³-hybridized carbons (Fsp3) is 0.529. The number of hydrogen-bond donors (Lipinski definition) is 2. The molecule has 0 saturated carbocycles. The Morgan fingerprint density at radius 1 is 1.36 bits per heavy atom. The SMILES string of the molecule is N#Cc1ccc(NCC2CCN(CCCN3C(=O)CNC3=O)C2)nc1. The molecule has 0 aromatic carbocycles. The van der Waals surface area contributed by atoms with Gasteiger partial charge in [0, 0.05) is 25.8 Å². The van der Waals surface area contributed by atoms with Gasteiger partial charge in [-0.1, -0.05) is 0 Å². The highest BCUT2D eigenvalue weighted by molar-refractivity contribution is 6.01. The molecule has 1 atom stereocenters. The van der Waals surface area contributed by atoms with E-state index in [-0.39, 0.29) is 18.5 Å². The van der Waals surface area contributed by atoms with Gasteiger partial charge in [0.2, 0.25) is 5.91 Å². The Morgan fingerprint density at radius 3 is 2.92 bits per heavy atom. The second-order valence-electron chi connectivity index (χ2n) is 6.44. The first-order chi connectivity index (χ1) is 12.2. The minimum Gasteiger partial charge on any atom is -0.370 e. The summed E-state index contributed by atoms with van der Waals surface area (Å²) in [5, 5.41) is 14.6. The number of anilines is 1. The second-order valence-corrected chi connectivity index (χ2v) is 6.44. The average Bonchev–Trinajstić information content (AvgIpc) is 3.21. The van der Waals surface area contributed by atoms with Crippen LogP contribution in [-0.4, -0.2) is 66.0 Å². The number of nitrogens with zero attached hydrogens (tertiary/aromatic N) is 4. The lowest BCUT2D eigenvalue weighted by molar-refractivity contribution is -0.125. The Morgan fingerprint density at radius 2 is 2.24 bits per heavy atom. The number of nitriles is 1. The van der Waals surface area contributed by atoms with Crippen LogP contribution >= 0.6 is 0 Å². The summed E-state index contributed by atoms with van der Waals surface area (Å²) in [6, 6.07) is 5.36. The molecule has 2 saturated heterocycles. The molecule has 3 rings (SSSR count). The molecule has 0 spiro atoms. The first kappa shape index (κ1) is 17.2. The van der Waals surface area contributed by atoms with Crippen molar-refractivity contribution in [3.05, 3.63) is 23.9 Å². The van der Waals surface area contributed by atoms with Crippen LogP contribution in [0.15, 0.2) is 18.3 Å². The normalized spacial score (nSPS) is 20.6. The minimum atomic E-state index is -0.275. The molecule has 2 N–H and O–H groups in total. The van der Waals surface area contributed by atoms with Crippen molar-refractivity contribution in [2.75, 3.05) is 44.6 Å². The fourth-order valence-corrected chi connectivity index (χ4v) is 3.23. The minimum absolute atomic E-state index is 0.125. The first-order valence-electron chi connectivity index (χ1n) is 8.56. The zero-order valence-electron chi connectivity index (χ0n) is 14.1. The molecule has 8 nitrogen and oxygen atoms in total. The molecule has 0 aliphatic carbocycles. The largest absolute Gasteiger partial charge is 0.370 e. The molecule has 3 heterocycles. The summed E-state index contributed by atoms with van der Waals surface area (Å²) >= 11 is 0. The van der Waals surface area contributed by atoms with Crippen LogP contribution in [0.5, 0.6) is 0 Å². The first-order valence-corrected chi connectivity index (χ1v) is 8.56. The van der Waals surface area contributed by atoms with Crippen LogP contribution in [0.25, 0.3) is 0 Å². The van der Waals surface area contributed by atoms with Gasteiger partial charge in [-0.3, -0.25) is 9.69 Å². The predicted molar refractivity (Wildman–Crippen MR) is 91.7 cm³/mol. The molecule has 0 bridgehead atoms. The maximum absolute atomic E-state index is 11.5. The van der Waals surface area contributed by atoms with Crippen LogP contribution in [-0.2, 0) is 4.79 Å². The summed E-state index contributed by atoms with van der Waals surface area (Å²) in [7, 11) is 0. The number of likely N-dealkylation sites (tertiary alicyclic amines) is 1. The maximum atomic E-state index is 11.5. The number of urea groups is 1. The zero-order valence-corrected chi connectivity index (χ0v) is 14.1. The third kappa shape index (κ3) is 4.45. The maximum Gasteiger partial charge on any atom is 0.324 e. The van der Waals surface area contributed by atoms with Crippen molar-refractivity contribution in [2.45, 2.75) is 12.8 Å². The molecule has 8 heteroatoms. The average molecular weight is 342 g/mol. The Bertz CT molecular complexity index is 653. The molecular weight excluding hydrogens is 320 g/mol. The highest BCUT2D eigenvalue weighted by Crippen LogP contribution is 2.17. The van der Waals surface area contributed by atoms with Gasteiger partial charge in [-0.2, -0.15) is 5.26 Å². The summed E-state index contributed by atoms with van der Waals surface area (Å²) < 4.78 is 0. The van der Waals surface area contributed by atoms with E-state index < -0.39 is 0 Å². The van der Waals surface area contributed by atoms with E-state index in [0.717, 1.165) is 44.8 Å². The lowest BCUT2D eigenvalue weighted by Gasteiger charge is -2.18. The Balaban J connectivity index is 1.35. The van der Waals surface area contributed by atoms with Crippen LogP contribution in [0, 0.1) is 17.2 Å². The van der Waals surface area contributed by atoms with Crippen molar-refractivity contribution in [3.63, 3.8) is 0 Å². The fourth-order valence-electron chi connectivity index (χ4n) is 3.23. The van der Waals surface area contributed by atoms with Crippen LogP contribution in [0.2, 0.25) is 0 Å². The summed E-state index contributed by atoms with van der Waals surface area (Å²) in [5.74, 6) is 1.20.